The zero-order valence-corrected chi connectivity index (χ0v) is 17.5. The minimum atomic E-state index is -0.837. The van der Waals surface area contributed by atoms with E-state index in [2.05, 4.69) is 20.7 Å². The zero-order valence-electron chi connectivity index (χ0n) is 16.0. The number of methoxy groups -OCH3 is 1. The molecule has 2 amide bonds. The molecule has 1 aromatic heterocycles. The topological polar surface area (TPSA) is 98.1 Å². The van der Waals surface area contributed by atoms with E-state index < -0.39 is 11.9 Å². The highest BCUT2D eigenvalue weighted by Gasteiger charge is 2.33. The fraction of sp³-hybridized carbons (Fsp3) is 0.200. The van der Waals surface area contributed by atoms with Crippen molar-refractivity contribution in [1.82, 2.24) is 14.8 Å². The lowest BCUT2D eigenvalue weighted by Crippen LogP contribution is -2.36. The van der Waals surface area contributed by atoms with Crippen LogP contribution in [0.15, 0.2) is 53.7 Å². The summed E-state index contributed by atoms with van der Waals surface area (Å²) in [6, 6.07) is 14.0. The van der Waals surface area contributed by atoms with Crippen LogP contribution >= 0.6 is 23.4 Å². The van der Waals surface area contributed by atoms with Crippen LogP contribution in [0, 0.1) is 0 Å². The van der Waals surface area contributed by atoms with Crippen molar-refractivity contribution in [3.8, 4) is 5.75 Å². The van der Waals surface area contributed by atoms with Gasteiger partial charge in [0.15, 0.2) is 0 Å². The molecule has 2 aromatic carbocycles. The van der Waals surface area contributed by atoms with Gasteiger partial charge in [0.05, 0.1) is 19.2 Å². The monoisotopic (exact) mass is 443 g/mol. The summed E-state index contributed by atoms with van der Waals surface area (Å²) in [4.78, 5) is 29.5. The molecule has 0 saturated carbocycles. The van der Waals surface area contributed by atoms with E-state index in [1.165, 1.54) is 23.6 Å². The van der Waals surface area contributed by atoms with Crippen LogP contribution in [0.3, 0.4) is 0 Å². The predicted molar refractivity (Wildman–Crippen MR) is 115 cm³/mol. The van der Waals surface area contributed by atoms with Crippen molar-refractivity contribution in [2.45, 2.75) is 23.4 Å². The van der Waals surface area contributed by atoms with Crippen LogP contribution in [0.1, 0.15) is 18.0 Å². The first-order valence-corrected chi connectivity index (χ1v) is 10.5. The van der Waals surface area contributed by atoms with Crippen LogP contribution in [0.25, 0.3) is 0 Å². The van der Waals surface area contributed by atoms with Gasteiger partial charge < -0.3 is 10.1 Å². The van der Waals surface area contributed by atoms with Crippen LogP contribution < -0.4 is 15.4 Å². The molecule has 8 nitrogen and oxygen atoms in total. The van der Waals surface area contributed by atoms with Gasteiger partial charge in [-0.1, -0.05) is 53.7 Å². The Kier molecular flexibility index (Phi) is 5.91. The van der Waals surface area contributed by atoms with Crippen molar-refractivity contribution >= 4 is 46.8 Å². The van der Waals surface area contributed by atoms with E-state index >= 15 is 0 Å². The lowest BCUT2D eigenvalue weighted by molar-refractivity contribution is -0.125. The van der Waals surface area contributed by atoms with Crippen molar-refractivity contribution < 1.29 is 14.3 Å². The van der Waals surface area contributed by atoms with Crippen LogP contribution in [0.4, 0.5) is 11.6 Å². The van der Waals surface area contributed by atoms with Crippen LogP contribution in [0.5, 0.6) is 5.75 Å². The van der Waals surface area contributed by atoms with E-state index in [1.807, 2.05) is 30.3 Å². The number of hydrogen-bond donors (Lipinski definition) is 2. The lowest BCUT2D eigenvalue weighted by Gasteiger charge is -2.22. The number of benzene rings is 2. The highest BCUT2D eigenvalue weighted by Crippen LogP contribution is 2.31. The number of aromatic nitrogens is 3. The first kappa shape index (κ1) is 20.2. The first-order valence-electron chi connectivity index (χ1n) is 9.11. The highest BCUT2D eigenvalue weighted by atomic mass is 35.5. The number of carbonyl (C=O) groups excluding carboxylic acids is 2. The van der Waals surface area contributed by atoms with Crippen LogP contribution in [0.2, 0.25) is 5.02 Å². The number of fused-ring (bicyclic) bond motifs is 1. The molecule has 154 valence electrons. The van der Waals surface area contributed by atoms with E-state index in [-0.39, 0.29) is 18.3 Å². The van der Waals surface area contributed by atoms with Crippen LogP contribution in [-0.2, 0) is 15.3 Å². The van der Waals surface area contributed by atoms with Gasteiger partial charge >= 0.3 is 0 Å². The lowest BCUT2D eigenvalue weighted by atomic mass is 10.1. The molecule has 2 N–H and O–H groups in total. The Labute approximate surface area is 182 Å². The molecular formula is C20H18ClN5O3S. The fourth-order valence-electron chi connectivity index (χ4n) is 3.02. The molecule has 10 heteroatoms. The molecule has 2 heterocycles. The molecular weight excluding hydrogens is 426 g/mol. The summed E-state index contributed by atoms with van der Waals surface area (Å²) >= 11 is 7.47. The Morgan fingerprint density at radius 2 is 2.13 bits per heavy atom. The second kappa shape index (κ2) is 8.76. The van der Waals surface area contributed by atoms with Gasteiger partial charge in [-0.3, -0.25) is 14.9 Å². The van der Waals surface area contributed by atoms with E-state index in [9.17, 15) is 9.59 Å². The maximum atomic E-state index is 13.0. The Balaban J connectivity index is 1.54. The number of ether oxygens (including phenoxy) is 1. The van der Waals surface area contributed by atoms with Gasteiger partial charge in [0, 0.05) is 10.8 Å². The zero-order chi connectivity index (χ0) is 21.1. The predicted octanol–water partition coefficient (Wildman–Crippen LogP) is 3.75. The first-order chi connectivity index (χ1) is 14.5. The summed E-state index contributed by atoms with van der Waals surface area (Å²) in [6.07, 6.45) is -0.0478. The van der Waals surface area contributed by atoms with E-state index in [0.717, 1.165) is 5.56 Å². The Hall–Kier alpha value is -3.04. The molecule has 0 bridgehead atoms. The Morgan fingerprint density at radius 3 is 2.90 bits per heavy atom. The molecule has 1 aliphatic heterocycles. The standard InChI is InChI=1S/C20H18ClN5O3S/c1-29-16-8-7-13(21)9-14(16)22-18(28)15-10-17(27)23-19-24-20(25-26(15)19)30-11-12-5-3-2-4-6-12/h2-9,15H,10-11H2,1H3,(H,22,28)(H,23,24,25,27)/t15-/m0/s1. The molecule has 0 aliphatic carbocycles. The van der Waals surface area contributed by atoms with Crippen molar-refractivity contribution in [3.63, 3.8) is 0 Å². The summed E-state index contributed by atoms with van der Waals surface area (Å²) < 4.78 is 6.71. The number of thioether (sulfide) groups is 1. The number of carbonyl (C=O) groups is 2. The summed E-state index contributed by atoms with van der Waals surface area (Å²) in [5.74, 6) is 0.685. The van der Waals surface area contributed by atoms with Gasteiger partial charge in [0.25, 0.3) is 0 Å². The third kappa shape index (κ3) is 4.42. The van der Waals surface area contributed by atoms with Crippen molar-refractivity contribution in [2.24, 2.45) is 0 Å². The van der Waals surface area contributed by atoms with Gasteiger partial charge in [0.1, 0.15) is 11.8 Å². The van der Waals surface area contributed by atoms with E-state index in [4.69, 9.17) is 16.3 Å². The second-order valence-electron chi connectivity index (χ2n) is 6.54. The number of anilines is 2. The Morgan fingerprint density at radius 1 is 1.33 bits per heavy atom. The largest absolute Gasteiger partial charge is 0.495 e. The average Bonchev–Trinajstić information content (AvgIpc) is 3.15. The minimum Gasteiger partial charge on any atom is -0.495 e. The summed E-state index contributed by atoms with van der Waals surface area (Å²) in [6.45, 7) is 0. The molecule has 0 saturated heterocycles. The quantitative estimate of drug-likeness (QED) is 0.563. The van der Waals surface area contributed by atoms with Gasteiger partial charge in [-0.05, 0) is 23.8 Å². The van der Waals surface area contributed by atoms with Crippen molar-refractivity contribution in [2.75, 3.05) is 17.7 Å². The third-order valence-corrected chi connectivity index (χ3v) is 5.61. The molecule has 0 unspecified atom stereocenters. The number of rotatable bonds is 6. The normalized spacial score (nSPS) is 15.3. The average molecular weight is 444 g/mol. The maximum absolute atomic E-state index is 13.0. The van der Waals surface area contributed by atoms with Gasteiger partial charge in [-0.2, -0.15) is 4.98 Å². The molecule has 4 rings (SSSR count). The van der Waals surface area contributed by atoms with Crippen molar-refractivity contribution in [1.29, 1.82) is 0 Å². The van der Waals surface area contributed by atoms with Gasteiger partial charge in [0.2, 0.25) is 22.9 Å². The number of hydrogen-bond acceptors (Lipinski definition) is 6. The molecule has 0 spiro atoms. The van der Waals surface area contributed by atoms with Gasteiger partial charge in [-0.25, -0.2) is 4.68 Å². The number of amides is 2. The second-order valence-corrected chi connectivity index (χ2v) is 7.92. The number of nitrogens with one attached hydrogen (secondary N) is 2. The smallest absolute Gasteiger partial charge is 0.250 e. The van der Waals surface area contributed by atoms with Crippen molar-refractivity contribution in [3.05, 3.63) is 59.1 Å². The fourth-order valence-corrected chi connectivity index (χ4v) is 3.98. The molecule has 3 aromatic rings. The molecule has 1 atom stereocenters. The van der Waals surface area contributed by atoms with Crippen LogP contribution in [-0.4, -0.2) is 33.7 Å². The molecule has 30 heavy (non-hydrogen) atoms. The molecule has 1 aliphatic rings. The number of nitrogens with zero attached hydrogens (tertiary/aromatic N) is 3. The SMILES string of the molecule is COc1ccc(Cl)cc1NC(=O)[C@@H]1CC(=O)Nc2nc(SCc3ccccc3)nn21. The number of halogens is 1. The van der Waals surface area contributed by atoms with E-state index in [0.29, 0.717) is 27.4 Å². The van der Waals surface area contributed by atoms with Gasteiger partial charge in [-0.15, -0.1) is 5.10 Å². The highest BCUT2D eigenvalue weighted by molar-refractivity contribution is 7.98. The maximum Gasteiger partial charge on any atom is 0.250 e. The Bertz CT molecular complexity index is 1090. The summed E-state index contributed by atoms with van der Waals surface area (Å²) in [5.41, 5.74) is 1.54. The summed E-state index contributed by atoms with van der Waals surface area (Å²) in [5, 5.41) is 10.8. The minimum absolute atomic E-state index is 0.0478. The summed E-state index contributed by atoms with van der Waals surface area (Å²) in [7, 11) is 1.50. The third-order valence-electron chi connectivity index (χ3n) is 4.47. The molecule has 0 radical (unpaired) electrons. The van der Waals surface area contributed by atoms with E-state index in [1.54, 1.807) is 18.2 Å². The molecule has 0 fully saturated rings.